The lowest BCUT2D eigenvalue weighted by atomic mass is 10.2. The van der Waals surface area contributed by atoms with Crippen molar-refractivity contribution in [3.8, 4) is 0 Å². The number of carbonyl (C=O) groups is 1. The van der Waals surface area contributed by atoms with Crippen LogP contribution in [0.5, 0.6) is 0 Å². The average Bonchev–Trinajstić information content (AvgIpc) is 2.63. The van der Waals surface area contributed by atoms with Gasteiger partial charge >= 0.3 is 11.7 Å². The van der Waals surface area contributed by atoms with E-state index in [1.807, 2.05) is 13.8 Å². The normalized spacial score (nSPS) is 11.1. The Balaban J connectivity index is 2.80. The number of ether oxygens (including phenoxy) is 1. The van der Waals surface area contributed by atoms with Gasteiger partial charge in [-0.15, -0.1) is 0 Å². The summed E-state index contributed by atoms with van der Waals surface area (Å²) < 4.78 is 6.30. The molecule has 17 heavy (non-hydrogen) atoms. The lowest BCUT2D eigenvalue weighted by Crippen LogP contribution is -2.18. The van der Waals surface area contributed by atoms with E-state index in [4.69, 9.17) is 0 Å². The molecule has 0 aliphatic carbocycles. The molecule has 0 saturated carbocycles. The van der Waals surface area contributed by atoms with Gasteiger partial charge in [-0.3, -0.25) is 4.57 Å². The molecule has 0 amide bonds. The van der Waals surface area contributed by atoms with Gasteiger partial charge in [-0.05, 0) is 26.0 Å². The second kappa shape index (κ2) is 4.08. The van der Waals surface area contributed by atoms with E-state index >= 15 is 0 Å². The molecule has 0 aliphatic heterocycles. The fourth-order valence-corrected chi connectivity index (χ4v) is 1.94. The third-order valence-electron chi connectivity index (χ3n) is 2.67. The summed E-state index contributed by atoms with van der Waals surface area (Å²) in [4.78, 5) is 26.1. The van der Waals surface area contributed by atoms with E-state index in [2.05, 4.69) is 9.72 Å². The molecule has 2 aromatic rings. The molecular formula is C12H14N2O3. The van der Waals surface area contributed by atoms with E-state index in [0.717, 1.165) is 0 Å². The molecule has 5 heteroatoms. The molecule has 5 nitrogen and oxygen atoms in total. The van der Waals surface area contributed by atoms with Crippen molar-refractivity contribution in [3.05, 3.63) is 34.2 Å². The van der Waals surface area contributed by atoms with Gasteiger partial charge in [0.2, 0.25) is 0 Å². The number of aromatic amines is 1. The fourth-order valence-electron chi connectivity index (χ4n) is 1.94. The Hall–Kier alpha value is -2.04. The highest BCUT2D eigenvalue weighted by atomic mass is 16.5. The number of hydrogen-bond donors (Lipinski definition) is 1. The van der Waals surface area contributed by atoms with Crippen LogP contribution in [-0.4, -0.2) is 22.6 Å². The van der Waals surface area contributed by atoms with E-state index < -0.39 is 5.97 Å². The van der Waals surface area contributed by atoms with Crippen molar-refractivity contribution in [2.75, 3.05) is 7.11 Å². The van der Waals surface area contributed by atoms with Crippen molar-refractivity contribution < 1.29 is 9.53 Å². The van der Waals surface area contributed by atoms with E-state index in [9.17, 15) is 9.59 Å². The van der Waals surface area contributed by atoms with Crippen LogP contribution in [0.3, 0.4) is 0 Å². The largest absolute Gasteiger partial charge is 0.465 e. The van der Waals surface area contributed by atoms with Crippen molar-refractivity contribution in [2.24, 2.45) is 0 Å². The highest BCUT2D eigenvalue weighted by molar-refractivity contribution is 6.01. The van der Waals surface area contributed by atoms with Crippen molar-refractivity contribution in [3.63, 3.8) is 0 Å². The van der Waals surface area contributed by atoms with Crippen LogP contribution in [0.2, 0.25) is 0 Å². The van der Waals surface area contributed by atoms with Gasteiger partial charge in [0.05, 0.1) is 23.7 Å². The number of hydrogen-bond acceptors (Lipinski definition) is 3. The first kappa shape index (κ1) is 11.4. The Labute approximate surface area is 98.0 Å². The van der Waals surface area contributed by atoms with Crippen LogP contribution in [0.4, 0.5) is 0 Å². The van der Waals surface area contributed by atoms with Gasteiger partial charge in [0.25, 0.3) is 0 Å². The van der Waals surface area contributed by atoms with E-state index in [1.54, 1.807) is 22.8 Å². The number of benzene rings is 1. The summed E-state index contributed by atoms with van der Waals surface area (Å²) in [7, 11) is 1.32. The number of H-pyrrole nitrogens is 1. The number of esters is 1. The van der Waals surface area contributed by atoms with Gasteiger partial charge < -0.3 is 9.72 Å². The Kier molecular flexibility index (Phi) is 2.75. The van der Waals surface area contributed by atoms with Gasteiger partial charge in [0, 0.05) is 6.04 Å². The lowest BCUT2D eigenvalue weighted by Gasteiger charge is -2.07. The van der Waals surface area contributed by atoms with E-state index in [0.29, 0.717) is 16.6 Å². The fraction of sp³-hybridized carbons (Fsp3) is 0.333. The molecule has 0 spiro atoms. The molecule has 0 radical (unpaired) electrons. The van der Waals surface area contributed by atoms with Crippen molar-refractivity contribution in [1.82, 2.24) is 9.55 Å². The first-order chi connectivity index (χ1) is 8.06. The number of imidazole rings is 1. The number of carbonyl (C=O) groups excluding carboxylic acids is 1. The molecule has 0 saturated heterocycles. The minimum atomic E-state index is -0.451. The number of fused-ring (bicyclic) bond motifs is 1. The second-order valence-corrected chi connectivity index (χ2v) is 4.09. The minimum absolute atomic E-state index is 0.0316. The zero-order valence-corrected chi connectivity index (χ0v) is 9.98. The van der Waals surface area contributed by atoms with Crippen LogP contribution in [0, 0.1) is 0 Å². The zero-order chi connectivity index (χ0) is 12.6. The van der Waals surface area contributed by atoms with Gasteiger partial charge in [0.1, 0.15) is 0 Å². The maximum atomic E-state index is 11.8. The summed E-state index contributed by atoms with van der Waals surface area (Å²) in [5, 5.41) is 0. The summed E-state index contributed by atoms with van der Waals surface area (Å²) in [6.07, 6.45) is 0. The molecule has 2 rings (SSSR count). The van der Waals surface area contributed by atoms with Crippen LogP contribution < -0.4 is 5.69 Å². The Morgan fingerprint density at radius 1 is 1.41 bits per heavy atom. The van der Waals surface area contributed by atoms with Gasteiger partial charge in [-0.2, -0.15) is 0 Å². The molecule has 0 aliphatic rings. The standard InChI is InChI=1S/C12H14N2O3/c1-7(2)14-9-6-4-5-8(11(15)17-3)10(9)13-12(14)16/h4-7H,1-3H3,(H,13,16). The predicted octanol–water partition coefficient (Wildman–Crippen LogP) is 1.70. The van der Waals surface area contributed by atoms with Gasteiger partial charge in [0.15, 0.2) is 0 Å². The number of aromatic nitrogens is 2. The third-order valence-corrected chi connectivity index (χ3v) is 2.67. The first-order valence-corrected chi connectivity index (χ1v) is 5.37. The zero-order valence-electron chi connectivity index (χ0n) is 9.98. The quantitative estimate of drug-likeness (QED) is 0.804. The molecule has 1 aromatic carbocycles. The summed E-state index contributed by atoms with van der Waals surface area (Å²) in [6, 6.07) is 5.21. The predicted molar refractivity (Wildman–Crippen MR) is 64.3 cm³/mol. The summed E-state index contributed by atoms with van der Waals surface area (Å²) in [6.45, 7) is 3.83. The maximum absolute atomic E-state index is 11.8. The molecule has 1 aromatic heterocycles. The van der Waals surface area contributed by atoms with Crippen LogP contribution in [0.25, 0.3) is 11.0 Å². The first-order valence-electron chi connectivity index (χ1n) is 5.37. The highest BCUT2D eigenvalue weighted by Gasteiger charge is 2.16. The van der Waals surface area contributed by atoms with Gasteiger partial charge in [-0.25, -0.2) is 9.59 Å². The summed E-state index contributed by atoms with van der Waals surface area (Å²) >= 11 is 0. The monoisotopic (exact) mass is 234 g/mol. The second-order valence-electron chi connectivity index (χ2n) is 4.09. The Morgan fingerprint density at radius 2 is 2.12 bits per heavy atom. The average molecular weight is 234 g/mol. The molecule has 0 unspecified atom stereocenters. The Morgan fingerprint density at radius 3 is 2.71 bits per heavy atom. The molecule has 1 N–H and O–H groups in total. The molecule has 90 valence electrons. The summed E-state index contributed by atoms with van der Waals surface area (Å²) in [5.74, 6) is -0.451. The van der Waals surface area contributed by atoms with Gasteiger partial charge in [-0.1, -0.05) is 6.07 Å². The smallest absolute Gasteiger partial charge is 0.340 e. The van der Waals surface area contributed by atoms with Crippen molar-refractivity contribution in [1.29, 1.82) is 0 Å². The molecule has 0 bridgehead atoms. The molecule has 1 heterocycles. The lowest BCUT2D eigenvalue weighted by molar-refractivity contribution is 0.0603. The molecular weight excluding hydrogens is 220 g/mol. The van der Waals surface area contributed by atoms with Crippen LogP contribution >= 0.6 is 0 Å². The molecule has 0 fully saturated rings. The van der Waals surface area contributed by atoms with Crippen LogP contribution in [-0.2, 0) is 4.74 Å². The van der Waals surface area contributed by atoms with Crippen molar-refractivity contribution >= 4 is 17.0 Å². The number of nitrogens with zero attached hydrogens (tertiary/aromatic N) is 1. The SMILES string of the molecule is COC(=O)c1cccc2c1[nH]c(=O)n2C(C)C. The van der Waals surface area contributed by atoms with Crippen molar-refractivity contribution in [2.45, 2.75) is 19.9 Å². The number of para-hydroxylation sites is 1. The Bertz CT molecular complexity index is 622. The van der Waals surface area contributed by atoms with Crippen LogP contribution in [0.1, 0.15) is 30.2 Å². The number of nitrogens with one attached hydrogen (secondary N) is 1. The number of rotatable bonds is 2. The van der Waals surface area contributed by atoms with Crippen LogP contribution in [0.15, 0.2) is 23.0 Å². The van der Waals surface area contributed by atoms with E-state index in [-0.39, 0.29) is 11.7 Å². The van der Waals surface area contributed by atoms with E-state index in [1.165, 1.54) is 7.11 Å². The number of methoxy groups -OCH3 is 1. The third kappa shape index (κ3) is 1.73. The minimum Gasteiger partial charge on any atom is -0.465 e. The summed E-state index contributed by atoms with van der Waals surface area (Å²) in [5.41, 5.74) is 1.40. The maximum Gasteiger partial charge on any atom is 0.340 e. The molecule has 0 atom stereocenters. The highest BCUT2D eigenvalue weighted by Crippen LogP contribution is 2.18. The topological polar surface area (TPSA) is 64.1 Å².